The van der Waals surface area contributed by atoms with Crippen molar-refractivity contribution >= 4 is 0 Å². The molecule has 1 N–H and O–H groups in total. The van der Waals surface area contributed by atoms with Crippen LogP contribution < -0.4 is 4.74 Å². The van der Waals surface area contributed by atoms with E-state index in [0.717, 1.165) is 25.3 Å². The first-order chi connectivity index (χ1) is 11.3. The Hall–Kier alpha value is -1.85. The van der Waals surface area contributed by atoms with Gasteiger partial charge in [0.2, 0.25) is 0 Å². The number of hydrogen-bond acceptors (Lipinski definition) is 4. The topological polar surface area (TPSA) is 50.5 Å². The fourth-order valence-electron chi connectivity index (χ4n) is 3.27. The van der Waals surface area contributed by atoms with Gasteiger partial charge in [0, 0.05) is 37.8 Å². The summed E-state index contributed by atoms with van der Waals surface area (Å²) in [6.07, 6.45) is 5.13. The monoisotopic (exact) mass is 313 g/mol. The molecule has 1 atom stereocenters. The van der Waals surface area contributed by atoms with Gasteiger partial charge in [0.1, 0.15) is 18.5 Å². The fraction of sp³-hybridized carbons (Fsp3) is 0.500. The van der Waals surface area contributed by atoms with Crippen molar-refractivity contribution in [3.05, 3.63) is 48.0 Å². The van der Waals surface area contributed by atoms with Crippen LogP contribution in [0.5, 0.6) is 5.75 Å². The zero-order chi connectivity index (χ0) is 15.6. The predicted octanol–water partition coefficient (Wildman–Crippen LogP) is 2.02. The second-order valence-corrected chi connectivity index (χ2v) is 6.54. The van der Waals surface area contributed by atoms with Crippen LogP contribution >= 0.6 is 0 Å². The summed E-state index contributed by atoms with van der Waals surface area (Å²) in [6, 6.07) is 10.3. The Labute approximate surface area is 136 Å². The van der Waals surface area contributed by atoms with Crippen LogP contribution in [0, 0.1) is 0 Å². The van der Waals surface area contributed by atoms with E-state index < -0.39 is 6.10 Å². The van der Waals surface area contributed by atoms with Gasteiger partial charge in [-0.25, -0.2) is 4.98 Å². The quantitative estimate of drug-likeness (QED) is 0.886. The van der Waals surface area contributed by atoms with E-state index in [1.807, 2.05) is 36.7 Å². The minimum Gasteiger partial charge on any atom is -0.491 e. The van der Waals surface area contributed by atoms with Gasteiger partial charge in [-0.05, 0) is 25.0 Å². The van der Waals surface area contributed by atoms with Crippen molar-refractivity contribution in [1.29, 1.82) is 0 Å². The number of aromatic nitrogens is 2. The van der Waals surface area contributed by atoms with E-state index in [2.05, 4.69) is 14.5 Å². The Morgan fingerprint density at radius 1 is 1.26 bits per heavy atom. The van der Waals surface area contributed by atoms with Crippen molar-refractivity contribution in [2.45, 2.75) is 38.0 Å². The van der Waals surface area contributed by atoms with Crippen LogP contribution in [0.15, 0.2) is 36.7 Å². The third-order valence-corrected chi connectivity index (χ3v) is 4.62. The summed E-state index contributed by atoms with van der Waals surface area (Å²) in [5.41, 5.74) is 2.58. The lowest BCUT2D eigenvalue weighted by molar-refractivity contribution is 0.0630. The summed E-state index contributed by atoms with van der Waals surface area (Å²) in [7, 11) is 0. The van der Waals surface area contributed by atoms with Crippen LogP contribution in [0.2, 0.25) is 0 Å². The molecular weight excluding hydrogens is 290 g/mol. The molecule has 0 spiro atoms. The van der Waals surface area contributed by atoms with Gasteiger partial charge in [0.05, 0.1) is 12.0 Å². The summed E-state index contributed by atoms with van der Waals surface area (Å²) in [6.45, 7) is 2.76. The molecule has 1 aromatic carbocycles. The maximum absolute atomic E-state index is 10.2. The van der Waals surface area contributed by atoms with Gasteiger partial charge < -0.3 is 14.4 Å². The summed E-state index contributed by atoms with van der Waals surface area (Å²) in [4.78, 5) is 6.85. The summed E-state index contributed by atoms with van der Waals surface area (Å²) in [5.74, 6) is 0.802. The first kappa shape index (κ1) is 14.7. The minimum absolute atomic E-state index is 0.323. The molecule has 2 aliphatic rings. The van der Waals surface area contributed by atoms with Crippen LogP contribution in [0.3, 0.4) is 0 Å². The van der Waals surface area contributed by atoms with Crippen LogP contribution in [0.25, 0.3) is 0 Å². The van der Waals surface area contributed by atoms with Gasteiger partial charge in [-0.2, -0.15) is 0 Å². The maximum atomic E-state index is 10.2. The molecule has 0 radical (unpaired) electrons. The molecule has 23 heavy (non-hydrogen) atoms. The maximum Gasteiger partial charge on any atom is 0.119 e. The van der Waals surface area contributed by atoms with Crippen molar-refractivity contribution in [1.82, 2.24) is 14.5 Å². The van der Waals surface area contributed by atoms with E-state index in [-0.39, 0.29) is 0 Å². The SMILES string of the molecule is O[C@H](COc1ccccc1)CN1CCc2c(ncn2C2CC2)C1. The molecule has 0 saturated heterocycles. The van der Waals surface area contributed by atoms with Crippen molar-refractivity contribution in [3.8, 4) is 5.75 Å². The van der Waals surface area contributed by atoms with Crippen molar-refractivity contribution in [3.63, 3.8) is 0 Å². The summed E-state index contributed by atoms with van der Waals surface area (Å²) < 4.78 is 7.99. The highest BCUT2D eigenvalue weighted by atomic mass is 16.5. The van der Waals surface area contributed by atoms with Crippen LogP contribution in [0.4, 0.5) is 0 Å². The molecule has 0 amide bonds. The zero-order valence-electron chi connectivity index (χ0n) is 13.3. The summed E-state index contributed by atoms with van der Waals surface area (Å²) in [5, 5.41) is 10.2. The van der Waals surface area contributed by atoms with E-state index in [1.165, 1.54) is 24.2 Å². The Morgan fingerprint density at radius 2 is 2.09 bits per heavy atom. The van der Waals surface area contributed by atoms with Crippen LogP contribution in [-0.2, 0) is 13.0 Å². The molecule has 1 aliphatic heterocycles. The number of aliphatic hydroxyl groups excluding tert-OH is 1. The number of β-amino-alcohol motifs (C(OH)–C–C–N with tert-alkyl or cyclic N) is 1. The van der Waals surface area contributed by atoms with Crippen LogP contribution in [-0.4, -0.2) is 45.4 Å². The smallest absolute Gasteiger partial charge is 0.119 e. The third kappa shape index (κ3) is 3.41. The van der Waals surface area contributed by atoms with E-state index in [0.29, 0.717) is 19.2 Å². The Morgan fingerprint density at radius 3 is 2.87 bits per heavy atom. The van der Waals surface area contributed by atoms with Gasteiger partial charge in [-0.1, -0.05) is 18.2 Å². The highest BCUT2D eigenvalue weighted by Gasteiger charge is 2.29. The van der Waals surface area contributed by atoms with Gasteiger partial charge in [-0.15, -0.1) is 0 Å². The molecule has 2 aromatic rings. The average Bonchev–Trinajstić information content (AvgIpc) is 3.34. The Bertz CT molecular complexity index is 652. The lowest BCUT2D eigenvalue weighted by Gasteiger charge is -2.28. The Kier molecular flexibility index (Phi) is 4.06. The number of ether oxygens (including phenoxy) is 1. The molecule has 5 nitrogen and oxygen atoms in total. The molecule has 4 rings (SSSR count). The highest BCUT2D eigenvalue weighted by Crippen LogP contribution is 2.37. The van der Waals surface area contributed by atoms with E-state index >= 15 is 0 Å². The number of nitrogens with zero attached hydrogens (tertiary/aromatic N) is 3. The average molecular weight is 313 g/mol. The number of rotatable bonds is 6. The van der Waals surface area contributed by atoms with Gasteiger partial charge >= 0.3 is 0 Å². The molecule has 5 heteroatoms. The molecule has 1 fully saturated rings. The molecule has 1 aromatic heterocycles. The molecular formula is C18H23N3O2. The van der Waals surface area contributed by atoms with Gasteiger partial charge in [-0.3, -0.25) is 4.90 Å². The standard InChI is InChI=1S/C18H23N3O2/c22-15(12-23-16-4-2-1-3-5-16)10-20-9-8-18-17(11-20)19-13-21(18)14-6-7-14/h1-5,13-15,22H,6-12H2/t15-/m0/s1. The molecule has 122 valence electrons. The normalized spacial score (nSPS) is 19.3. The lowest BCUT2D eigenvalue weighted by Crippen LogP contribution is -2.39. The van der Waals surface area contributed by atoms with E-state index in [1.54, 1.807) is 0 Å². The van der Waals surface area contributed by atoms with Crippen LogP contribution in [0.1, 0.15) is 30.3 Å². The minimum atomic E-state index is -0.484. The highest BCUT2D eigenvalue weighted by molar-refractivity contribution is 5.21. The number of imidazole rings is 1. The molecule has 1 saturated carbocycles. The third-order valence-electron chi connectivity index (χ3n) is 4.62. The fourth-order valence-corrected chi connectivity index (χ4v) is 3.27. The van der Waals surface area contributed by atoms with E-state index in [4.69, 9.17) is 4.74 Å². The number of para-hydroxylation sites is 1. The zero-order valence-corrected chi connectivity index (χ0v) is 13.3. The second kappa shape index (κ2) is 6.34. The largest absolute Gasteiger partial charge is 0.491 e. The van der Waals surface area contributed by atoms with Crippen molar-refractivity contribution in [2.75, 3.05) is 19.7 Å². The molecule has 1 aliphatic carbocycles. The number of aliphatic hydroxyl groups is 1. The molecule has 2 heterocycles. The first-order valence-corrected chi connectivity index (χ1v) is 8.42. The van der Waals surface area contributed by atoms with Crippen molar-refractivity contribution < 1.29 is 9.84 Å². The van der Waals surface area contributed by atoms with Crippen molar-refractivity contribution in [2.24, 2.45) is 0 Å². The van der Waals surface area contributed by atoms with E-state index in [9.17, 15) is 5.11 Å². The second-order valence-electron chi connectivity index (χ2n) is 6.54. The van der Waals surface area contributed by atoms with Gasteiger partial charge in [0.15, 0.2) is 0 Å². The van der Waals surface area contributed by atoms with Gasteiger partial charge in [0.25, 0.3) is 0 Å². The lowest BCUT2D eigenvalue weighted by atomic mass is 10.1. The number of hydrogen-bond donors (Lipinski definition) is 1. The first-order valence-electron chi connectivity index (χ1n) is 8.42. The predicted molar refractivity (Wildman–Crippen MR) is 87.4 cm³/mol. The summed E-state index contributed by atoms with van der Waals surface area (Å²) >= 11 is 0. The molecule has 0 unspecified atom stereocenters. The molecule has 0 bridgehead atoms. The number of benzene rings is 1. The Balaban J connectivity index is 1.29. The number of fused-ring (bicyclic) bond motifs is 1.